The Hall–Kier alpha value is -1.82. The zero-order valence-corrected chi connectivity index (χ0v) is 15.6. The number of aromatic nitrogens is 1. The normalized spacial score (nSPS) is 21.9. The number of nitrogens with zero attached hydrogens (tertiary/aromatic N) is 2. The van der Waals surface area contributed by atoms with Gasteiger partial charge in [0.25, 0.3) is 5.56 Å². The number of halogens is 2. The van der Waals surface area contributed by atoms with Gasteiger partial charge in [-0.3, -0.25) is 14.5 Å². The van der Waals surface area contributed by atoms with Crippen molar-refractivity contribution in [2.75, 3.05) is 25.0 Å². The Balaban J connectivity index is 1.45. The lowest BCUT2D eigenvalue weighted by Gasteiger charge is -2.42. The summed E-state index contributed by atoms with van der Waals surface area (Å²) in [6, 6.07) is 10.5. The lowest BCUT2D eigenvalue weighted by molar-refractivity contribution is -0.117. The van der Waals surface area contributed by atoms with E-state index in [4.69, 9.17) is 23.2 Å². The molecule has 2 aromatic rings. The van der Waals surface area contributed by atoms with E-state index in [-0.39, 0.29) is 11.5 Å². The van der Waals surface area contributed by atoms with Crippen LogP contribution in [-0.2, 0) is 11.3 Å². The first-order valence-corrected chi connectivity index (χ1v) is 9.42. The maximum atomic E-state index is 12.5. The Bertz CT molecular complexity index is 912. The number of nitrogens with one attached hydrogen (secondary N) is 1. The number of amides is 1. The van der Waals surface area contributed by atoms with Crippen molar-refractivity contribution in [3.05, 3.63) is 62.5 Å². The third-order valence-electron chi connectivity index (χ3n) is 5.13. The van der Waals surface area contributed by atoms with E-state index in [1.165, 1.54) is 0 Å². The van der Waals surface area contributed by atoms with Gasteiger partial charge in [-0.25, -0.2) is 0 Å². The van der Waals surface area contributed by atoms with Crippen LogP contribution in [-0.4, -0.2) is 35.0 Å². The second-order valence-corrected chi connectivity index (χ2v) is 7.91. The van der Waals surface area contributed by atoms with Crippen LogP contribution < -0.4 is 10.9 Å². The molecular weight excluding hydrogens is 373 g/mol. The molecule has 26 heavy (non-hydrogen) atoms. The van der Waals surface area contributed by atoms with Crippen LogP contribution in [0.2, 0.25) is 10.0 Å². The Labute approximate surface area is 161 Å². The minimum Gasteiger partial charge on any atom is -0.324 e. The highest BCUT2D eigenvalue weighted by Gasteiger charge is 2.34. The number of hydrogen-bond donors (Lipinski definition) is 1. The molecule has 4 rings (SSSR count). The molecule has 3 heterocycles. The van der Waals surface area contributed by atoms with E-state index in [2.05, 4.69) is 10.2 Å². The molecule has 7 heteroatoms. The number of fused-ring (bicyclic) bond motifs is 4. The molecule has 0 spiro atoms. The van der Waals surface area contributed by atoms with Crippen LogP contribution >= 0.6 is 23.2 Å². The van der Waals surface area contributed by atoms with Crippen molar-refractivity contribution in [2.45, 2.75) is 18.9 Å². The number of carbonyl (C=O) groups is 1. The van der Waals surface area contributed by atoms with Gasteiger partial charge < -0.3 is 9.88 Å². The van der Waals surface area contributed by atoms with Crippen molar-refractivity contribution in [2.24, 2.45) is 5.92 Å². The summed E-state index contributed by atoms with van der Waals surface area (Å²) in [4.78, 5) is 26.7. The van der Waals surface area contributed by atoms with Gasteiger partial charge in [0.2, 0.25) is 5.91 Å². The molecule has 2 bridgehead atoms. The van der Waals surface area contributed by atoms with Gasteiger partial charge in [-0.2, -0.15) is 0 Å². The van der Waals surface area contributed by atoms with E-state index in [0.717, 1.165) is 31.7 Å². The fourth-order valence-electron chi connectivity index (χ4n) is 4.11. The van der Waals surface area contributed by atoms with Crippen LogP contribution in [0.3, 0.4) is 0 Å². The van der Waals surface area contributed by atoms with Crippen molar-refractivity contribution in [3.63, 3.8) is 0 Å². The molecule has 2 aliphatic rings. The maximum absolute atomic E-state index is 12.5. The highest BCUT2D eigenvalue weighted by atomic mass is 35.5. The molecule has 0 radical (unpaired) electrons. The number of carbonyl (C=O) groups excluding carboxylic acids is 1. The van der Waals surface area contributed by atoms with Crippen molar-refractivity contribution in [1.29, 1.82) is 0 Å². The highest BCUT2D eigenvalue weighted by molar-refractivity contribution is 6.35. The van der Waals surface area contributed by atoms with Gasteiger partial charge in [0.1, 0.15) is 0 Å². The molecule has 1 amide bonds. The average molecular weight is 392 g/mol. The number of pyridine rings is 1. The largest absolute Gasteiger partial charge is 0.324 e. The summed E-state index contributed by atoms with van der Waals surface area (Å²) in [5.41, 5.74) is 1.68. The average Bonchev–Trinajstić information content (AvgIpc) is 2.59. The summed E-state index contributed by atoms with van der Waals surface area (Å²) in [5, 5.41) is 3.83. The van der Waals surface area contributed by atoms with Gasteiger partial charge in [0.15, 0.2) is 0 Å². The Morgan fingerprint density at radius 3 is 2.85 bits per heavy atom. The number of piperidine rings is 1. The molecule has 2 aliphatic heterocycles. The zero-order chi connectivity index (χ0) is 18.3. The lowest BCUT2D eigenvalue weighted by atomic mass is 9.83. The van der Waals surface area contributed by atoms with Crippen LogP contribution in [0, 0.1) is 5.92 Å². The van der Waals surface area contributed by atoms with Crippen molar-refractivity contribution < 1.29 is 4.79 Å². The molecule has 2 atom stereocenters. The molecule has 1 saturated heterocycles. The first kappa shape index (κ1) is 17.6. The molecule has 0 saturated carbocycles. The zero-order valence-electron chi connectivity index (χ0n) is 14.1. The fraction of sp³-hybridized carbons (Fsp3) is 0.368. The summed E-state index contributed by atoms with van der Waals surface area (Å²) >= 11 is 12.1. The summed E-state index contributed by atoms with van der Waals surface area (Å²) in [5.74, 6) is 0.572. The van der Waals surface area contributed by atoms with E-state index in [1.54, 1.807) is 24.3 Å². The molecule has 1 fully saturated rings. The quantitative estimate of drug-likeness (QED) is 0.873. The Kier molecular flexibility index (Phi) is 4.78. The molecule has 0 aliphatic carbocycles. The monoisotopic (exact) mass is 391 g/mol. The molecule has 1 aromatic heterocycles. The van der Waals surface area contributed by atoms with Crippen LogP contribution in [0.4, 0.5) is 5.69 Å². The van der Waals surface area contributed by atoms with E-state index in [9.17, 15) is 9.59 Å². The van der Waals surface area contributed by atoms with Gasteiger partial charge >= 0.3 is 0 Å². The number of anilines is 1. The summed E-state index contributed by atoms with van der Waals surface area (Å²) in [6.07, 6.45) is 1.07. The van der Waals surface area contributed by atoms with Gasteiger partial charge in [-0.05, 0) is 36.6 Å². The number of hydrogen-bond acceptors (Lipinski definition) is 3. The molecule has 136 valence electrons. The summed E-state index contributed by atoms with van der Waals surface area (Å²) in [6.45, 7) is 2.61. The third-order valence-corrected chi connectivity index (χ3v) is 5.69. The van der Waals surface area contributed by atoms with E-state index in [0.29, 0.717) is 34.1 Å². The smallest absolute Gasteiger partial charge is 0.250 e. The van der Waals surface area contributed by atoms with Crippen molar-refractivity contribution in [1.82, 2.24) is 9.47 Å². The maximum Gasteiger partial charge on any atom is 0.250 e. The standard InChI is InChI=1S/C19H19Cl2N3O2/c20-14-4-5-15(21)16(7-14)22-18(25)11-23-8-12-6-13(10-23)17-2-1-3-19(26)24(17)9-12/h1-5,7,12-13H,6,8-11H2,(H,22,25)/t12-,13+/m0/s1. The first-order chi connectivity index (χ1) is 12.5. The van der Waals surface area contributed by atoms with Gasteiger partial charge in [-0.1, -0.05) is 29.3 Å². The van der Waals surface area contributed by atoms with Crippen LogP contribution in [0.25, 0.3) is 0 Å². The van der Waals surface area contributed by atoms with Gasteiger partial charge in [0, 0.05) is 42.3 Å². The molecule has 1 N–H and O–H groups in total. The molecule has 0 unspecified atom stereocenters. The Morgan fingerprint density at radius 2 is 2.00 bits per heavy atom. The topological polar surface area (TPSA) is 54.3 Å². The lowest BCUT2D eigenvalue weighted by Crippen LogP contribution is -2.49. The van der Waals surface area contributed by atoms with E-state index in [1.807, 2.05) is 16.7 Å². The molecular formula is C19H19Cl2N3O2. The second kappa shape index (κ2) is 7.06. The van der Waals surface area contributed by atoms with Gasteiger partial charge in [-0.15, -0.1) is 0 Å². The fourth-order valence-corrected chi connectivity index (χ4v) is 4.45. The minimum absolute atomic E-state index is 0.0685. The minimum atomic E-state index is -0.111. The van der Waals surface area contributed by atoms with Crippen LogP contribution in [0.5, 0.6) is 0 Å². The number of benzene rings is 1. The van der Waals surface area contributed by atoms with Crippen molar-refractivity contribution >= 4 is 34.8 Å². The Morgan fingerprint density at radius 1 is 1.15 bits per heavy atom. The number of rotatable bonds is 3. The predicted octanol–water partition coefficient (Wildman–Crippen LogP) is 3.21. The SMILES string of the molecule is O=C(CN1C[C@@H]2C[C@H](C1)c1cccc(=O)n1C2)Nc1cc(Cl)ccc1Cl. The first-order valence-electron chi connectivity index (χ1n) is 8.66. The molecule has 5 nitrogen and oxygen atoms in total. The highest BCUT2D eigenvalue weighted by Crippen LogP contribution is 2.34. The predicted molar refractivity (Wildman–Crippen MR) is 103 cm³/mol. The molecule has 1 aromatic carbocycles. The summed E-state index contributed by atoms with van der Waals surface area (Å²) in [7, 11) is 0. The van der Waals surface area contributed by atoms with Crippen LogP contribution in [0.15, 0.2) is 41.2 Å². The second-order valence-electron chi connectivity index (χ2n) is 7.06. The van der Waals surface area contributed by atoms with Gasteiger partial charge in [0.05, 0.1) is 17.3 Å². The summed E-state index contributed by atoms with van der Waals surface area (Å²) < 4.78 is 1.89. The van der Waals surface area contributed by atoms with Crippen molar-refractivity contribution in [3.8, 4) is 0 Å². The third kappa shape index (κ3) is 3.52. The number of likely N-dealkylation sites (tertiary alicyclic amines) is 1. The van der Waals surface area contributed by atoms with E-state index < -0.39 is 0 Å². The van der Waals surface area contributed by atoms with Crippen LogP contribution in [0.1, 0.15) is 18.0 Å². The van der Waals surface area contributed by atoms with E-state index >= 15 is 0 Å².